The maximum atomic E-state index is 13.4. The maximum absolute atomic E-state index is 13.4. The molecule has 4 rings (SSSR count). The molecule has 0 amide bonds. The van der Waals surface area contributed by atoms with Crippen LogP contribution in [-0.4, -0.2) is 40.1 Å². The van der Waals surface area contributed by atoms with E-state index >= 15 is 0 Å². The number of nitrogens with two attached hydrogens (primary N) is 1. The van der Waals surface area contributed by atoms with Crippen molar-refractivity contribution in [2.45, 2.75) is 45.1 Å². The molecule has 6 nitrogen and oxygen atoms in total. The molecular weight excluding hydrogens is 456 g/mol. The molecule has 174 valence electrons. The molecule has 1 saturated carbocycles. The lowest BCUT2D eigenvalue weighted by molar-refractivity contribution is 0.104. The Kier molecular flexibility index (Phi) is 7.75. The van der Waals surface area contributed by atoms with E-state index in [4.69, 9.17) is 17.3 Å². The summed E-state index contributed by atoms with van der Waals surface area (Å²) in [4.78, 5) is 23.6. The molecule has 2 heterocycles. The van der Waals surface area contributed by atoms with Crippen molar-refractivity contribution in [1.29, 1.82) is 0 Å². The van der Waals surface area contributed by atoms with Crippen molar-refractivity contribution in [3.63, 3.8) is 0 Å². The third-order valence-electron chi connectivity index (χ3n) is 6.30. The van der Waals surface area contributed by atoms with E-state index in [2.05, 4.69) is 15.3 Å². The average molecular weight is 485 g/mol. The van der Waals surface area contributed by atoms with Crippen molar-refractivity contribution in [1.82, 2.24) is 9.97 Å². The monoisotopic (exact) mass is 484 g/mol. The first kappa shape index (κ1) is 23.8. The number of benzene rings is 1. The Morgan fingerprint density at radius 2 is 2.12 bits per heavy atom. The fourth-order valence-electron chi connectivity index (χ4n) is 4.48. The van der Waals surface area contributed by atoms with Gasteiger partial charge in [0, 0.05) is 28.7 Å². The Hall–Kier alpha value is -2.32. The summed E-state index contributed by atoms with van der Waals surface area (Å²) in [6, 6.07) is 8.08. The molecule has 33 heavy (non-hydrogen) atoms. The number of hydrogen-bond acceptors (Lipinski definition) is 7. The van der Waals surface area contributed by atoms with Gasteiger partial charge in [-0.2, -0.15) is 0 Å². The van der Waals surface area contributed by atoms with E-state index in [1.807, 2.05) is 31.2 Å². The number of rotatable bonds is 9. The summed E-state index contributed by atoms with van der Waals surface area (Å²) in [6.07, 6.45) is 7.34. The van der Waals surface area contributed by atoms with E-state index in [-0.39, 0.29) is 18.4 Å². The summed E-state index contributed by atoms with van der Waals surface area (Å²) in [5, 5.41) is 13.5. The second-order valence-corrected chi connectivity index (χ2v) is 10.3. The molecule has 0 bridgehead atoms. The zero-order valence-corrected chi connectivity index (χ0v) is 20.3. The maximum Gasteiger partial charge on any atom is 0.208 e. The van der Waals surface area contributed by atoms with Crippen molar-refractivity contribution in [2.75, 3.05) is 18.5 Å². The molecule has 2 atom stereocenters. The first-order valence-electron chi connectivity index (χ1n) is 11.3. The van der Waals surface area contributed by atoms with Crippen LogP contribution in [0.2, 0.25) is 5.02 Å². The number of ketones is 1. The van der Waals surface area contributed by atoms with E-state index in [9.17, 15) is 9.90 Å². The Balaban J connectivity index is 1.55. The molecule has 1 aliphatic carbocycles. The second kappa shape index (κ2) is 10.7. The second-order valence-electron chi connectivity index (χ2n) is 8.64. The third kappa shape index (κ3) is 5.61. The van der Waals surface area contributed by atoms with E-state index in [0.29, 0.717) is 40.2 Å². The molecule has 4 N–H and O–H groups in total. The van der Waals surface area contributed by atoms with Crippen LogP contribution in [0.3, 0.4) is 0 Å². The number of aliphatic hydroxyl groups is 1. The molecule has 1 fully saturated rings. The van der Waals surface area contributed by atoms with Crippen LogP contribution in [0, 0.1) is 12.8 Å². The normalized spacial score (nSPS) is 17.9. The zero-order chi connectivity index (χ0) is 23.4. The number of hydrogen-bond donors (Lipinski definition) is 3. The molecule has 0 spiro atoms. The lowest BCUT2D eigenvalue weighted by atomic mass is 9.97. The number of nitrogens with zero attached hydrogens (tertiary/aromatic N) is 2. The van der Waals surface area contributed by atoms with Gasteiger partial charge in [-0.25, -0.2) is 9.97 Å². The van der Waals surface area contributed by atoms with Crippen LogP contribution >= 0.6 is 22.9 Å². The third-order valence-corrected chi connectivity index (χ3v) is 7.63. The molecule has 0 aliphatic heterocycles. The lowest BCUT2D eigenvalue weighted by Crippen LogP contribution is -2.19. The Bertz CT molecular complexity index is 1130. The van der Waals surface area contributed by atoms with Crippen molar-refractivity contribution < 1.29 is 9.90 Å². The summed E-state index contributed by atoms with van der Waals surface area (Å²) in [7, 11) is 0. The molecule has 0 saturated heterocycles. The van der Waals surface area contributed by atoms with Crippen LogP contribution in [0.1, 0.15) is 56.1 Å². The van der Waals surface area contributed by atoms with E-state index in [0.717, 1.165) is 41.7 Å². The molecule has 1 aromatic carbocycles. The summed E-state index contributed by atoms with van der Waals surface area (Å²) >= 11 is 7.74. The van der Waals surface area contributed by atoms with Crippen LogP contribution in [0.15, 0.2) is 36.8 Å². The van der Waals surface area contributed by atoms with Gasteiger partial charge in [-0.1, -0.05) is 17.7 Å². The SMILES string of the molecule is Cc1sc(C(=O)c2cncnc2NC2CCC(CO)C2)cc1Cc1cc(Cl)ccc1CCN. The van der Waals surface area contributed by atoms with Crippen LogP contribution in [0.25, 0.3) is 0 Å². The van der Waals surface area contributed by atoms with Gasteiger partial charge in [0.1, 0.15) is 12.1 Å². The Morgan fingerprint density at radius 3 is 2.88 bits per heavy atom. The van der Waals surface area contributed by atoms with E-state index in [1.165, 1.54) is 23.2 Å². The molecular formula is C25H29ClN4O2S. The predicted molar refractivity (Wildman–Crippen MR) is 133 cm³/mol. The lowest BCUT2D eigenvalue weighted by Gasteiger charge is -2.15. The van der Waals surface area contributed by atoms with Crippen molar-refractivity contribution in [3.8, 4) is 0 Å². The van der Waals surface area contributed by atoms with Crippen LogP contribution in [0.4, 0.5) is 5.82 Å². The zero-order valence-electron chi connectivity index (χ0n) is 18.7. The van der Waals surface area contributed by atoms with E-state index < -0.39 is 0 Å². The number of carbonyl (C=O) groups is 1. The minimum absolute atomic E-state index is 0.0811. The minimum Gasteiger partial charge on any atom is -0.396 e. The van der Waals surface area contributed by atoms with Gasteiger partial charge in [-0.3, -0.25) is 4.79 Å². The predicted octanol–water partition coefficient (Wildman–Crippen LogP) is 4.40. The van der Waals surface area contributed by atoms with Gasteiger partial charge in [-0.05, 0) is 86.4 Å². The largest absolute Gasteiger partial charge is 0.396 e. The molecule has 8 heteroatoms. The minimum atomic E-state index is -0.0811. The Morgan fingerprint density at radius 1 is 1.27 bits per heavy atom. The molecule has 3 aromatic rings. The van der Waals surface area contributed by atoms with Crippen molar-refractivity contribution in [2.24, 2.45) is 11.7 Å². The summed E-state index contributed by atoms with van der Waals surface area (Å²) in [5.74, 6) is 0.787. The van der Waals surface area contributed by atoms with Gasteiger partial charge in [0.05, 0.1) is 10.4 Å². The fraction of sp³-hybridized carbons (Fsp3) is 0.400. The van der Waals surface area contributed by atoms with E-state index in [1.54, 1.807) is 6.20 Å². The summed E-state index contributed by atoms with van der Waals surface area (Å²) in [6.45, 7) is 2.81. The average Bonchev–Trinajstić information content (AvgIpc) is 3.42. The standard InChI is InChI=1S/C25H29ClN4O2S/c1-15-18(9-19-10-20(26)4-3-17(19)6-7-27)11-23(33-15)24(32)22-12-28-14-29-25(22)30-21-5-2-16(8-21)13-31/h3-4,10-12,14,16,21,31H,2,5-9,13,27H2,1H3,(H,28,29,30). The number of halogens is 1. The fourth-order valence-corrected chi connectivity index (χ4v) is 5.67. The van der Waals surface area contributed by atoms with Crippen molar-refractivity contribution in [3.05, 3.63) is 73.8 Å². The summed E-state index contributed by atoms with van der Waals surface area (Å²) < 4.78 is 0. The summed E-state index contributed by atoms with van der Waals surface area (Å²) in [5.41, 5.74) is 9.68. The van der Waals surface area contributed by atoms with Crippen molar-refractivity contribution >= 4 is 34.5 Å². The van der Waals surface area contributed by atoms with Gasteiger partial charge in [0.15, 0.2) is 0 Å². The number of thiophene rings is 1. The van der Waals surface area contributed by atoms with Crippen LogP contribution in [-0.2, 0) is 12.8 Å². The highest BCUT2D eigenvalue weighted by atomic mass is 35.5. The highest BCUT2D eigenvalue weighted by Crippen LogP contribution is 2.31. The molecule has 1 aliphatic rings. The van der Waals surface area contributed by atoms with Gasteiger partial charge in [0.2, 0.25) is 5.78 Å². The van der Waals surface area contributed by atoms with Gasteiger partial charge in [-0.15, -0.1) is 11.3 Å². The van der Waals surface area contributed by atoms with Gasteiger partial charge in [0.25, 0.3) is 0 Å². The number of anilines is 1. The smallest absolute Gasteiger partial charge is 0.208 e. The van der Waals surface area contributed by atoms with Gasteiger partial charge >= 0.3 is 0 Å². The topological polar surface area (TPSA) is 101 Å². The molecule has 2 unspecified atom stereocenters. The number of carbonyl (C=O) groups excluding carboxylic acids is 1. The highest BCUT2D eigenvalue weighted by Gasteiger charge is 2.26. The first-order valence-corrected chi connectivity index (χ1v) is 12.5. The quantitative estimate of drug-likeness (QED) is 0.389. The highest BCUT2D eigenvalue weighted by molar-refractivity contribution is 7.14. The number of aromatic nitrogens is 2. The number of aryl methyl sites for hydroxylation is 1. The van der Waals surface area contributed by atoms with Crippen LogP contribution < -0.4 is 11.1 Å². The van der Waals surface area contributed by atoms with Gasteiger partial charge < -0.3 is 16.2 Å². The van der Waals surface area contributed by atoms with Crippen LogP contribution in [0.5, 0.6) is 0 Å². The Labute approximate surface area is 203 Å². The number of aliphatic hydroxyl groups excluding tert-OH is 1. The number of nitrogens with one attached hydrogen (secondary N) is 1. The molecule has 0 radical (unpaired) electrons. The first-order chi connectivity index (χ1) is 16.0. The molecule has 2 aromatic heterocycles.